The Morgan fingerprint density at radius 3 is 2.74 bits per heavy atom. The Balaban J connectivity index is 1.63. The molecule has 0 heterocycles. The number of methoxy groups -OCH3 is 1. The molecule has 23 heavy (non-hydrogen) atoms. The van der Waals surface area contributed by atoms with Crippen molar-refractivity contribution in [1.82, 2.24) is 10.6 Å². The topological polar surface area (TPSA) is 50.4 Å². The van der Waals surface area contributed by atoms with E-state index >= 15 is 0 Å². The van der Waals surface area contributed by atoms with Crippen molar-refractivity contribution in [1.29, 1.82) is 0 Å². The number of carbonyl (C=O) groups excluding carboxylic acids is 1. The minimum Gasteiger partial charge on any atom is -0.385 e. The van der Waals surface area contributed by atoms with Gasteiger partial charge >= 0.3 is 0 Å². The lowest BCUT2D eigenvalue weighted by atomic mass is 9.66. The monoisotopic (exact) mass is 322 g/mol. The highest BCUT2D eigenvalue weighted by Gasteiger charge is 2.35. The molecule has 0 bridgehead atoms. The van der Waals surface area contributed by atoms with Gasteiger partial charge in [-0.3, -0.25) is 4.79 Å². The molecule has 0 aromatic heterocycles. The van der Waals surface area contributed by atoms with E-state index in [4.69, 9.17) is 4.74 Å². The molecule has 5 heteroatoms. The average molecular weight is 322 g/mol. The predicted molar refractivity (Wildman–Crippen MR) is 89.0 cm³/mol. The van der Waals surface area contributed by atoms with Crippen LogP contribution < -0.4 is 10.6 Å². The largest absolute Gasteiger partial charge is 0.385 e. The molecule has 0 unspecified atom stereocenters. The summed E-state index contributed by atoms with van der Waals surface area (Å²) in [7, 11) is 1.74. The highest BCUT2D eigenvalue weighted by molar-refractivity contribution is 5.94. The van der Waals surface area contributed by atoms with Crippen molar-refractivity contribution < 1.29 is 13.9 Å². The molecule has 0 radical (unpaired) electrons. The van der Waals surface area contributed by atoms with Crippen LogP contribution in [0.2, 0.25) is 0 Å². The molecular formula is C18H27FN2O2. The van der Waals surface area contributed by atoms with Gasteiger partial charge in [0.2, 0.25) is 0 Å². The van der Waals surface area contributed by atoms with Gasteiger partial charge in [0.05, 0.1) is 5.56 Å². The van der Waals surface area contributed by atoms with Crippen molar-refractivity contribution in [3.8, 4) is 0 Å². The van der Waals surface area contributed by atoms with Crippen LogP contribution in [0, 0.1) is 11.2 Å². The standard InChI is InChI=1S/C18H27FN2O2/c1-23-13-5-10-18(8-4-9-18)14-20-11-12-21-17(22)15-6-2-3-7-16(15)19/h2-3,6-7,20H,4-5,8-14H2,1H3,(H,21,22). The number of nitrogens with one attached hydrogen (secondary N) is 2. The van der Waals surface area contributed by atoms with Gasteiger partial charge in [-0.1, -0.05) is 18.6 Å². The molecule has 1 amide bonds. The lowest BCUT2D eigenvalue weighted by Gasteiger charge is -2.42. The summed E-state index contributed by atoms with van der Waals surface area (Å²) in [5.74, 6) is -0.840. The number of hydrogen-bond donors (Lipinski definition) is 2. The number of halogens is 1. The minimum atomic E-state index is -0.482. The van der Waals surface area contributed by atoms with Crippen LogP contribution in [0.15, 0.2) is 24.3 Å². The van der Waals surface area contributed by atoms with Gasteiger partial charge in [0, 0.05) is 33.4 Å². The van der Waals surface area contributed by atoms with E-state index in [0.29, 0.717) is 18.5 Å². The van der Waals surface area contributed by atoms with E-state index in [0.717, 1.165) is 19.6 Å². The molecule has 0 spiro atoms. The summed E-state index contributed by atoms with van der Waals surface area (Å²) in [6.45, 7) is 3.00. The molecule has 0 aliphatic heterocycles. The highest BCUT2D eigenvalue weighted by Crippen LogP contribution is 2.44. The van der Waals surface area contributed by atoms with E-state index < -0.39 is 5.82 Å². The third-order valence-electron chi connectivity index (χ3n) is 4.68. The number of amides is 1. The second-order valence-corrected chi connectivity index (χ2v) is 6.36. The Bertz CT molecular complexity index is 504. The molecule has 1 aliphatic rings. The summed E-state index contributed by atoms with van der Waals surface area (Å²) in [6, 6.07) is 6.04. The fraction of sp³-hybridized carbons (Fsp3) is 0.611. The van der Waals surface area contributed by atoms with E-state index in [1.807, 2.05) is 0 Å². The van der Waals surface area contributed by atoms with Crippen LogP contribution in [0.5, 0.6) is 0 Å². The van der Waals surface area contributed by atoms with Gasteiger partial charge in [0.15, 0.2) is 0 Å². The van der Waals surface area contributed by atoms with Crippen molar-refractivity contribution in [2.75, 3.05) is 33.4 Å². The highest BCUT2D eigenvalue weighted by atomic mass is 19.1. The molecule has 0 atom stereocenters. The van der Waals surface area contributed by atoms with Gasteiger partial charge in [0.1, 0.15) is 5.82 Å². The predicted octanol–water partition coefficient (Wildman–Crippen LogP) is 2.74. The molecule has 128 valence electrons. The van der Waals surface area contributed by atoms with Crippen molar-refractivity contribution in [3.05, 3.63) is 35.6 Å². The second-order valence-electron chi connectivity index (χ2n) is 6.36. The van der Waals surface area contributed by atoms with Crippen LogP contribution in [0.4, 0.5) is 4.39 Å². The van der Waals surface area contributed by atoms with Crippen LogP contribution >= 0.6 is 0 Å². The normalized spacial score (nSPS) is 15.9. The van der Waals surface area contributed by atoms with E-state index in [1.165, 1.54) is 37.8 Å². The van der Waals surface area contributed by atoms with Crippen molar-refractivity contribution in [3.63, 3.8) is 0 Å². The smallest absolute Gasteiger partial charge is 0.254 e. The van der Waals surface area contributed by atoms with Crippen LogP contribution in [-0.4, -0.2) is 39.3 Å². The van der Waals surface area contributed by atoms with Crippen molar-refractivity contribution in [2.24, 2.45) is 5.41 Å². The molecule has 1 aromatic rings. The summed E-state index contributed by atoms with van der Waals surface area (Å²) < 4.78 is 18.6. The van der Waals surface area contributed by atoms with Crippen LogP contribution in [0.1, 0.15) is 42.5 Å². The molecule has 1 aromatic carbocycles. The first-order valence-electron chi connectivity index (χ1n) is 8.39. The maximum Gasteiger partial charge on any atom is 0.254 e. The van der Waals surface area contributed by atoms with Crippen LogP contribution in [0.3, 0.4) is 0 Å². The van der Waals surface area contributed by atoms with Gasteiger partial charge in [-0.15, -0.1) is 0 Å². The molecule has 4 nitrogen and oxygen atoms in total. The number of benzene rings is 1. The van der Waals surface area contributed by atoms with Crippen LogP contribution in [-0.2, 0) is 4.74 Å². The zero-order chi connectivity index (χ0) is 16.5. The number of ether oxygens (including phenoxy) is 1. The number of rotatable bonds is 10. The Morgan fingerprint density at radius 1 is 1.30 bits per heavy atom. The Labute approximate surface area is 137 Å². The zero-order valence-electron chi connectivity index (χ0n) is 13.9. The fourth-order valence-corrected chi connectivity index (χ4v) is 3.14. The Morgan fingerprint density at radius 2 is 2.09 bits per heavy atom. The molecule has 0 saturated heterocycles. The molecule has 2 rings (SSSR count). The summed E-state index contributed by atoms with van der Waals surface area (Å²) in [6.07, 6.45) is 6.13. The summed E-state index contributed by atoms with van der Waals surface area (Å²) >= 11 is 0. The molecule has 1 saturated carbocycles. The lowest BCUT2D eigenvalue weighted by molar-refractivity contribution is 0.0924. The first kappa shape index (κ1) is 17.9. The van der Waals surface area contributed by atoms with Gasteiger partial charge in [-0.25, -0.2) is 4.39 Å². The van der Waals surface area contributed by atoms with E-state index in [9.17, 15) is 9.18 Å². The van der Waals surface area contributed by atoms with E-state index in [1.54, 1.807) is 19.2 Å². The third kappa shape index (κ3) is 5.29. The fourth-order valence-electron chi connectivity index (χ4n) is 3.14. The van der Waals surface area contributed by atoms with Gasteiger partial charge in [-0.05, 0) is 43.2 Å². The third-order valence-corrected chi connectivity index (χ3v) is 4.68. The van der Waals surface area contributed by atoms with Crippen LogP contribution in [0.25, 0.3) is 0 Å². The summed E-state index contributed by atoms with van der Waals surface area (Å²) in [5, 5.41) is 6.18. The Kier molecular flexibility index (Phi) is 6.99. The lowest BCUT2D eigenvalue weighted by Crippen LogP contribution is -2.42. The molecular weight excluding hydrogens is 295 g/mol. The number of carbonyl (C=O) groups is 1. The minimum absolute atomic E-state index is 0.0996. The van der Waals surface area contributed by atoms with Crippen molar-refractivity contribution >= 4 is 5.91 Å². The van der Waals surface area contributed by atoms with E-state index in [-0.39, 0.29) is 11.5 Å². The van der Waals surface area contributed by atoms with Gasteiger partial charge in [0.25, 0.3) is 5.91 Å². The molecule has 1 fully saturated rings. The molecule has 2 N–H and O–H groups in total. The van der Waals surface area contributed by atoms with Gasteiger partial charge in [-0.2, -0.15) is 0 Å². The average Bonchev–Trinajstić information content (AvgIpc) is 2.51. The first-order chi connectivity index (χ1) is 11.2. The summed E-state index contributed by atoms with van der Waals surface area (Å²) in [4.78, 5) is 11.9. The summed E-state index contributed by atoms with van der Waals surface area (Å²) in [5.41, 5.74) is 0.510. The SMILES string of the molecule is COCCCC1(CNCCNC(=O)c2ccccc2F)CCC1. The molecule has 1 aliphatic carbocycles. The van der Waals surface area contributed by atoms with Gasteiger partial charge < -0.3 is 15.4 Å². The van der Waals surface area contributed by atoms with E-state index in [2.05, 4.69) is 10.6 Å². The maximum absolute atomic E-state index is 13.5. The second kappa shape index (κ2) is 8.99. The number of hydrogen-bond acceptors (Lipinski definition) is 3. The maximum atomic E-state index is 13.5. The Hall–Kier alpha value is -1.46. The van der Waals surface area contributed by atoms with Crippen molar-refractivity contribution in [2.45, 2.75) is 32.1 Å². The quantitative estimate of drug-likeness (QED) is 0.651. The first-order valence-corrected chi connectivity index (χ1v) is 8.39. The zero-order valence-corrected chi connectivity index (χ0v) is 13.9.